The molecular weight excluding hydrogens is 216 g/mol. The van der Waals surface area contributed by atoms with E-state index in [1.165, 1.54) is 7.11 Å². The number of benzene rings is 1. The predicted molar refractivity (Wildman–Crippen MR) is 63.8 cm³/mol. The minimum atomic E-state index is -0.403. The molecule has 0 unspecified atom stereocenters. The number of ether oxygens (including phenoxy) is 1. The number of methoxy groups -OCH3 is 1. The van der Waals surface area contributed by atoms with Gasteiger partial charge in [-0.3, -0.25) is 4.68 Å². The Bertz CT molecular complexity index is 517. The molecule has 4 heteroatoms. The van der Waals surface area contributed by atoms with Crippen LogP contribution in [0.2, 0.25) is 0 Å². The zero-order valence-electron chi connectivity index (χ0n) is 9.88. The maximum Gasteiger partial charge on any atom is 0.358 e. The standard InChI is InChI=1S/C13H14N2O2/c1-10-8-12(13(16)17-2)14-15(10)9-11-6-4-3-5-7-11/h3-8H,9H2,1-2H3. The molecule has 0 saturated heterocycles. The number of aromatic nitrogens is 2. The molecule has 0 aliphatic rings. The fraction of sp³-hybridized carbons (Fsp3) is 0.231. The second-order valence-electron chi connectivity index (χ2n) is 3.81. The third kappa shape index (κ3) is 2.53. The first-order chi connectivity index (χ1) is 8.20. The van der Waals surface area contributed by atoms with Crippen molar-refractivity contribution in [2.24, 2.45) is 0 Å². The number of rotatable bonds is 3. The van der Waals surface area contributed by atoms with E-state index in [9.17, 15) is 4.79 Å². The Hall–Kier alpha value is -2.10. The summed E-state index contributed by atoms with van der Waals surface area (Å²) in [4.78, 5) is 11.3. The van der Waals surface area contributed by atoms with E-state index in [0.29, 0.717) is 12.2 Å². The van der Waals surface area contributed by atoms with Gasteiger partial charge in [0.15, 0.2) is 5.69 Å². The van der Waals surface area contributed by atoms with Crippen LogP contribution in [0, 0.1) is 6.92 Å². The Kier molecular flexibility index (Phi) is 3.23. The van der Waals surface area contributed by atoms with E-state index in [0.717, 1.165) is 11.3 Å². The lowest BCUT2D eigenvalue weighted by Crippen LogP contribution is -2.06. The van der Waals surface area contributed by atoms with E-state index < -0.39 is 5.97 Å². The van der Waals surface area contributed by atoms with Crippen molar-refractivity contribution in [1.82, 2.24) is 9.78 Å². The van der Waals surface area contributed by atoms with Crippen LogP contribution in [0.1, 0.15) is 21.7 Å². The summed E-state index contributed by atoms with van der Waals surface area (Å²) in [6, 6.07) is 11.7. The van der Waals surface area contributed by atoms with Crippen LogP contribution in [0.15, 0.2) is 36.4 Å². The van der Waals surface area contributed by atoms with E-state index in [1.54, 1.807) is 10.7 Å². The molecule has 0 atom stereocenters. The van der Waals surface area contributed by atoms with Crippen LogP contribution >= 0.6 is 0 Å². The lowest BCUT2D eigenvalue weighted by atomic mass is 10.2. The first kappa shape index (κ1) is 11.4. The van der Waals surface area contributed by atoms with Crippen LogP contribution in [0.3, 0.4) is 0 Å². The van der Waals surface area contributed by atoms with Gasteiger partial charge < -0.3 is 4.74 Å². The third-order valence-corrected chi connectivity index (χ3v) is 2.55. The fourth-order valence-electron chi connectivity index (χ4n) is 1.63. The van der Waals surface area contributed by atoms with Gasteiger partial charge in [-0.15, -0.1) is 0 Å². The minimum absolute atomic E-state index is 0.348. The molecule has 2 rings (SSSR count). The molecule has 17 heavy (non-hydrogen) atoms. The van der Waals surface area contributed by atoms with Gasteiger partial charge in [0.1, 0.15) is 0 Å². The van der Waals surface area contributed by atoms with Gasteiger partial charge in [0.05, 0.1) is 13.7 Å². The van der Waals surface area contributed by atoms with Gasteiger partial charge in [0.25, 0.3) is 0 Å². The van der Waals surface area contributed by atoms with Crippen LogP contribution in [0.4, 0.5) is 0 Å². The van der Waals surface area contributed by atoms with Gasteiger partial charge in [-0.2, -0.15) is 5.10 Å². The molecule has 0 amide bonds. The van der Waals surface area contributed by atoms with Crippen molar-refractivity contribution in [3.8, 4) is 0 Å². The van der Waals surface area contributed by atoms with Gasteiger partial charge in [-0.1, -0.05) is 30.3 Å². The molecule has 0 aliphatic carbocycles. The lowest BCUT2D eigenvalue weighted by molar-refractivity contribution is 0.0593. The van der Waals surface area contributed by atoms with Crippen molar-refractivity contribution < 1.29 is 9.53 Å². The van der Waals surface area contributed by atoms with Crippen LogP contribution in [-0.2, 0) is 11.3 Å². The Morgan fingerprint density at radius 3 is 2.71 bits per heavy atom. The van der Waals surface area contributed by atoms with Gasteiger partial charge in [0.2, 0.25) is 0 Å². The average Bonchev–Trinajstić information content (AvgIpc) is 2.71. The molecule has 1 aromatic heterocycles. The Labute approximate surface area is 99.8 Å². The Morgan fingerprint density at radius 1 is 1.35 bits per heavy atom. The minimum Gasteiger partial charge on any atom is -0.464 e. The molecule has 2 aromatic rings. The molecule has 0 bridgehead atoms. The summed E-state index contributed by atoms with van der Waals surface area (Å²) in [6.45, 7) is 2.58. The van der Waals surface area contributed by atoms with Crippen molar-refractivity contribution in [1.29, 1.82) is 0 Å². The molecule has 0 radical (unpaired) electrons. The highest BCUT2D eigenvalue weighted by Crippen LogP contribution is 2.08. The highest BCUT2D eigenvalue weighted by molar-refractivity contribution is 5.87. The van der Waals surface area contributed by atoms with Crippen molar-refractivity contribution in [2.75, 3.05) is 7.11 Å². The molecule has 0 aliphatic heterocycles. The largest absolute Gasteiger partial charge is 0.464 e. The summed E-state index contributed by atoms with van der Waals surface area (Å²) < 4.78 is 6.43. The van der Waals surface area contributed by atoms with Crippen molar-refractivity contribution in [3.05, 3.63) is 53.3 Å². The topological polar surface area (TPSA) is 44.1 Å². The SMILES string of the molecule is COC(=O)c1cc(C)n(Cc2ccccc2)n1. The summed E-state index contributed by atoms with van der Waals surface area (Å²) in [6.07, 6.45) is 0. The van der Waals surface area contributed by atoms with E-state index in [1.807, 2.05) is 37.3 Å². The molecule has 4 nitrogen and oxygen atoms in total. The van der Waals surface area contributed by atoms with Gasteiger partial charge in [-0.05, 0) is 18.6 Å². The highest BCUT2D eigenvalue weighted by atomic mass is 16.5. The first-order valence-corrected chi connectivity index (χ1v) is 5.37. The van der Waals surface area contributed by atoms with Crippen LogP contribution in [-0.4, -0.2) is 22.9 Å². The van der Waals surface area contributed by atoms with Crippen molar-refractivity contribution in [3.63, 3.8) is 0 Å². The van der Waals surface area contributed by atoms with E-state index in [-0.39, 0.29) is 0 Å². The molecule has 1 heterocycles. The van der Waals surface area contributed by atoms with Crippen LogP contribution < -0.4 is 0 Å². The average molecular weight is 230 g/mol. The quantitative estimate of drug-likeness (QED) is 0.758. The molecule has 1 aromatic carbocycles. The Balaban J connectivity index is 2.22. The molecule has 0 spiro atoms. The highest BCUT2D eigenvalue weighted by Gasteiger charge is 2.12. The second-order valence-corrected chi connectivity index (χ2v) is 3.81. The van der Waals surface area contributed by atoms with Gasteiger partial charge >= 0.3 is 5.97 Å². The summed E-state index contributed by atoms with van der Waals surface area (Å²) >= 11 is 0. The lowest BCUT2D eigenvalue weighted by Gasteiger charge is -2.03. The zero-order valence-corrected chi connectivity index (χ0v) is 9.88. The number of carbonyl (C=O) groups is 1. The molecular formula is C13H14N2O2. The summed E-state index contributed by atoms with van der Waals surface area (Å²) in [7, 11) is 1.36. The number of hydrogen-bond acceptors (Lipinski definition) is 3. The number of nitrogens with zero attached hydrogens (tertiary/aromatic N) is 2. The number of aryl methyl sites for hydroxylation is 1. The molecule has 0 saturated carbocycles. The fourth-order valence-corrected chi connectivity index (χ4v) is 1.63. The molecule has 0 fully saturated rings. The summed E-state index contributed by atoms with van der Waals surface area (Å²) in [5, 5.41) is 4.22. The van der Waals surface area contributed by atoms with Gasteiger partial charge in [0, 0.05) is 5.69 Å². The van der Waals surface area contributed by atoms with E-state index >= 15 is 0 Å². The Morgan fingerprint density at radius 2 is 2.06 bits per heavy atom. The second kappa shape index (κ2) is 4.82. The van der Waals surface area contributed by atoms with E-state index in [4.69, 9.17) is 0 Å². The van der Waals surface area contributed by atoms with Crippen molar-refractivity contribution >= 4 is 5.97 Å². The maximum absolute atomic E-state index is 11.3. The number of carbonyl (C=O) groups excluding carboxylic acids is 1. The van der Waals surface area contributed by atoms with Crippen LogP contribution in [0.25, 0.3) is 0 Å². The van der Waals surface area contributed by atoms with Crippen LogP contribution in [0.5, 0.6) is 0 Å². The first-order valence-electron chi connectivity index (χ1n) is 5.37. The smallest absolute Gasteiger partial charge is 0.358 e. The van der Waals surface area contributed by atoms with E-state index in [2.05, 4.69) is 9.84 Å². The maximum atomic E-state index is 11.3. The molecule has 88 valence electrons. The normalized spacial score (nSPS) is 10.2. The predicted octanol–water partition coefficient (Wildman–Crippen LogP) is 2.03. The number of esters is 1. The number of hydrogen-bond donors (Lipinski definition) is 0. The summed E-state index contributed by atoms with van der Waals surface area (Å²) in [5.74, 6) is -0.403. The zero-order chi connectivity index (χ0) is 12.3. The van der Waals surface area contributed by atoms with Gasteiger partial charge in [-0.25, -0.2) is 4.79 Å². The van der Waals surface area contributed by atoms with Crippen molar-refractivity contribution in [2.45, 2.75) is 13.5 Å². The third-order valence-electron chi connectivity index (χ3n) is 2.55. The molecule has 0 N–H and O–H groups in total. The summed E-state index contributed by atoms with van der Waals surface area (Å²) in [5.41, 5.74) is 2.44. The monoisotopic (exact) mass is 230 g/mol.